The number of benzene rings is 1. The van der Waals surface area contributed by atoms with Crippen molar-refractivity contribution < 1.29 is 9.53 Å². The Bertz CT molecular complexity index is 483. The van der Waals surface area contributed by atoms with E-state index in [1.807, 2.05) is 19.1 Å². The van der Waals surface area contributed by atoms with Gasteiger partial charge in [-0.2, -0.15) is 0 Å². The molecule has 2 unspecified atom stereocenters. The first-order chi connectivity index (χ1) is 9.58. The molecular formula is C15H22Cl2N2O2. The van der Waals surface area contributed by atoms with Crippen LogP contribution in [-0.4, -0.2) is 32.1 Å². The molecule has 4 nitrogen and oxygen atoms in total. The van der Waals surface area contributed by atoms with Crippen LogP contribution in [0.1, 0.15) is 24.2 Å². The fraction of sp³-hybridized carbons (Fsp3) is 0.533. The van der Waals surface area contributed by atoms with Gasteiger partial charge >= 0.3 is 0 Å². The summed E-state index contributed by atoms with van der Waals surface area (Å²) >= 11 is 6.08. The van der Waals surface area contributed by atoms with E-state index in [2.05, 4.69) is 16.7 Å². The van der Waals surface area contributed by atoms with Gasteiger partial charge in [0.15, 0.2) is 0 Å². The Morgan fingerprint density at radius 3 is 2.95 bits per heavy atom. The predicted octanol–water partition coefficient (Wildman–Crippen LogP) is 2.48. The molecule has 0 aromatic heterocycles. The van der Waals surface area contributed by atoms with Crippen molar-refractivity contribution in [1.82, 2.24) is 10.6 Å². The highest BCUT2D eigenvalue weighted by molar-refractivity contribution is 6.31. The van der Waals surface area contributed by atoms with E-state index < -0.39 is 0 Å². The average molecular weight is 333 g/mol. The van der Waals surface area contributed by atoms with Gasteiger partial charge in [0.2, 0.25) is 5.91 Å². The quantitative estimate of drug-likeness (QED) is 0.894. The van der Waals surface area contributed by atoms with E-state index in [0.717, 1.165) is 29.2 Å². The van der Waals surface area contributed by atoms with Crippen molar-refractivity contribution in [3.8, 4) is 0 Å². The highest BCUT2D eigenvalue weighted by Crippen LogP contribution is 2.29. The molecule has 1 heterocycles. The number of hydrogen-bond donors (Lipinski definition) is 2. The molecule has 21 heavy (non-hydrogen) atoms. The molecule has 6 heteroatoms. The zero-order valence-corrected chi connectivity index (χ0v) is 13.9. The van der Waals surface area contributed by atoms with Gasteiger partial charge in [-0.1, -0.05) is 23.7 Å². The summed E-state index contributed by atoms with van der Waals surface area (Å²) in [5.41, 5.74) is 2.16. The van der Waals surface area contributed by atoms with Gasteiger partial charge in [0.25, 0.3) is 0 Å². The number of carbonyl (C=O) groups excluding carboxylic acids is 1. The van der Waals surface area contributed by atoms with E-state index in [4.69, 9.17) is 16.3 Å². The Morgan fingerprint density at radius 1 is 1.52 bits per heavy atom. The minimum atomic E-state index is -0.0205. The lowest BCUT2D eigenvalue weighted by molar-refractivity contribution is -0.119. The van der Waals surface area contributed by atoms with Crippen LogP contribution in [0, 0.1) is 12.8 Å². The zero-order chi connectivity index (χ0) is 14.5. The van der Waals surface area contributed by atoms with Gasteiger partial charge in [-0.25, -0.2) is 0 Å². The summed E-state index contributed by atoms with van der Waals surface area (Å²) in [4.78, 5) is 11.1. The summed E-state index contributed by atoms with van der Waals surface area (Å²) < 4.78 is 5.97. The predicted molar refractivity (Wildman–Crippen MR) is 87.2 cm³/mol. The first-order valence-corrected chi connectivity index (χ1v) is 7.28. The molecule has 0 aliphatic carbocycles. The third kappa shape index (κ3) is 5.15. The third-order valence-electron chi connectivity index (χ3n) is 3.53. The van der Waals surface area contributed by atoms with Crippen molar-refractivity contribution in [2.24, 2.45) is 5.92 Å². The Kier molecular flexibility index (Phi) is 7.46. The van der Waals surface area contributed by atoms with Crippen LogP contribution in [0.25, 0.3) is 0 Å². The van der Waals surface area contributed by atoms with Crippen LogP contribution in [0.3, 0.4) is 0 Å². The monoisotopic (exact) mass is 332 g/mol. The van der Waals surface area contributed by atoms with Gasteiger partial charge in [0.1, 0.15) is 0 Å². The average Bonchev–Trinajstić information content (AvgIpc) is 2.65. The van der Waals surface area contributed by atoms with E-state index >= 15 is 0 Å². The van der Waals surface area contributed by atoms with E-state index in [0.29, 0.717) is 13.2 Å². The zero-order valence-electron chi connectivity index (χ0n) is 12.3. The van der Waals surface area contributed by atoms with Gasteiger partial charge in [0, 0.05) is 37.5 Å². The van der Waals surface area contributed by atoms with Crippen LogP contribution in [0.4, 0.5) is 0 Å². The third-order valence-corrected chi connectivity index (χ3v) is 3.96. The van der Waals surface area contributed by atoms with Crippen LogP contribution in [-0.2, 0) is 9.53 Å². The number of aryl methyl sites for hydroxylation is 1. The molecule has 0 spiro atoms. The Balaban J connectivity index is 0.00000220. The highest BCUT2D eigenvalue weighted by atomic mass is 35.5. The number of ether oxygens (including phenoxy) is 1. The summed E-state index contributed by atoms with van der Waals surface area (Å²) in [6.07, 6.45) is -0.0205. The van der Waals surface area contributed by atoms with Crippen molar-refractivity contribution >= 4 is 29.9 Å². The summed E-state index contributed by atoms with van der Waals surface area (Å²) in [7, 11) is 0. The SMILES string of the molecule is CC(=O)NCC1CNCCOC1c1ccc(Cl)c(C)c1.Cl. The molecule has 0 saturated carbocycles. The molecule has 2 N–H and O–H groups in total. The molecule has 0 bridgehead atoms. The van der Waals surface area contributed by atoms with Crippen molar-refractivity contribution in [1.29, 1.82) is 0 Å². The highest BCUT2D eigenvalue weighted by Gasteiger charge is 2.26. The Hall–Kier alpha value is -0.810. The maximum absolute atomic E-state index is 11.1. The summed E-state index contributed by atoms with van der Waals surface area (Å²) in [5.74, 6) is 0.197. The second-order valence-electron chi connectivity index (χ2n) is 5.20. The second kappa shape index (κ2) is 8.59. The van der Waals surface area contributed by atoms with E-state index in [9.17, 15) is 4.79 Å². The molecule has 1 aliphatic rings. The lowest BCUT2D eigenvalue weighted by Crippen LogP contribution is -2.35. The van der Waals surface area contributed by atoms with Crippen LogP contribution in [0.2, 0.25) is 5.02 Å². The first-order valence-electron chi connectivity index (χ1n) is 6.90. The number of carbonyl (C=O) groups is 1. The van der Waals surface area contributed by atoms with Gasteiger partial charge < -0.3 is 15.4 Å². The normalized spacial score (nSPS) is 22.0. The van der Waals surface area contributed by atoms with Gasteiger partial charge in [-0.3, -0.25) is 4.79 Å². The molecule has 1 aromatic rings. The van der Waals surface area contributed by atoms with Crippen molar-refractivity contribution in [3.63, 3.8) is 0 Å². The van der Waals surface area contributed by atoms with Crippen molar-refractivity contribution in [3.05, 3.63) is 34.3 Å². The van der Waals surface area contributed by atoms with E-state index in [1.165, 1.54) is 6.92 Å². The van der Waals surface area contributed by atoms with Crippen LogP contribution >= 0.6 is 24.0 Å². The maximum Gasteiger partial charge on any atom is 0.216 e. The Labute approximate surface area is 137 Å². The summed E-state index contributed by atoms with van der Waals surface area (Å²) in [6.45, 7) is 6.46. The van der Waals surface area contributed by atoms with Gasteiger partial charge in [-0.15, -0.1) is 12.4 Å². The van der Waals surface area contributed by atoms with E-state index in [1.54, 1.807) is 0 Å². The smallest absolute Gasteiger partial charge is 0.216 e. The first kappa shape index (κ1) is 18.2. The molecule has 2 rings (SSSR count). The van der Waals surface area contributed by atoms with Crippen LogP contribution < -0.4 is 10.6 Å². The number of hydrogen-bond acceptors (Lipinski definition) is 3. The molecule has 118 valence electrons. The van der Waals surface area contributed by atoms with Crippen molar-refractivity contribution in [2.45, 2.75) is 20.0 Å². The Morgan fingerprint density at radius 2 is 2.29 bits per heavy atom. The molecule has 1 amide bonds. The van der Waals surface area contributed by atoms with E-state index in [-0.39, 0.29) is 30.3 Å². The standard InChI is InChI=1S/C15H21ClN2O2.ClH/c1-10-7-12(3-4-14(10)16)15-13(9-18-11(2)19)8-17-5-6-20-15;/h3-4,7,13,15,17H,5-6,8-9H2,1-2H3,(H,18,19);1H. The number of nitrogens with one attached hydrogen (secondary N) is 2. The van der Waals surface area contributed by atoms with Gasteiger partial charge in [0.05, 0.1) is 12.7 Å². The fourth-order valence-electron chi connectivity index (χ4n) is 2.46. The molecule has 0 radical (unpaired) electrons. The molecule has 1 aliphatic heterocycles. The number of rotatable bonds is 3. The van der Waals surface area contributed by atoms with Crippen LogP contribution in [0.15, 0.2) is 18.2 Å². The molecular weight excluding hydrogens is 311 g/mol. The maximum atomic E-state index is 11.1. The molecule has 1 fully saturated rings. The fourth-order valence-corrected chi connectivity index (χ4v) is 2.57. The van der Waals surface area contributed by atoms with Crippen molar-refractivity contribution in [2.75, 3.05) is 26.2 Å². The minimum Gasteiger partial charge on any atom is -0.372 e. The summed E-state index contributed by atoms with van der Waals surface area (Å²) in [6, 6.07) is 5.98. The molecule has 1 saturated heterocycles. The number of amides is 1. The molecule has 1 aromatic carbocycles. The minimum absolute atomic E-state index is 0. The summed E-state index contributed by atoms with van der Waals surface area (Å²) in [5, 5.41) is 6.99. The lowest BCUT2D eigenvalue weighted by atomic mass is 9.94. The molecule has 2 atom stereocenters. The second-order valence-corrected chi connectivity index (χ2v) is 5.61. The lowest BCUT2D eigenvalue weighted by Gasteiger charge is -2.25. The van der Waals surface area contributed by atoms with Gasteiger partial charge in [-0.05, 0) is 24.1 Å². The topological polar surface area (TPSA) is 50.4 Å². The largest absolute Gasteiger partial charge is 0.372 e. The van der Waals surface area contributed by atoms with Crippen LogP contribution in [0.5, 0.6) is 0 Å². The number of halogens is 2.